The molecular formula is C14H21N5OS. The predicted octanol–water partition coefficient (Wildman–Crippen LogP) is 2.79. The molecule has 0 saturated heterocycles. The number of ether oxygens (including phenoxy) is 1. The van der Waals surface area contributed by atoms with Crippen LogP contribution in [-0.4, -0.2) is 34.6 Å². The maximum Gasteiger partial charge on any atom is 0.323 e. The zero-order valence-corrected chi connectivity index (χ0v) is 13.6. The normalized spacial score (nSPS) is 10.7. The van der Waals surface area contributed by atoms with Crippen molar-refractivity contribution >= 4 is 23.2 Å². The molecule has 0 aromatic carbocycles. The smallest absolute Gasteiger partial charge is 0.323 e. The van der Waals surface area contributed by atoms with E-state index < -0.39 is 0 Å². The summed E-state index contributed by atoms with van der Waals surface area (Å²) in [6.07, 6.45) is 0.0249. The van der Waals surface area contributed by atoms with Gasteiger partial charge in [0.15, 0.2) is 0 Å². The summed E-state index contributed by atoms with van der Waals surface area (Å²) in [7, 11) is 1.96. The first kappa shape index (κ1) is 15.5. The molecule has 0 bridgehead atoms. The summed E-state index contributed by atoms with van der Waals surface area (Å²) in [5.41, 5.74) is 1.24. The van der Waals surface area contributed by atoms with Crippen LogP contribution in [-0.2, 0) is 6.54 Å². The van der Waals surface area contributed by atoms with Crippen LogP contribution in [0.5, 0.6) is 6.01 Å². The molecule has 0 unspecified atom stereocenters. The third-order valence-electron chi connectivity index (χ3n) is 2.62. The molecule has 2 heterocycles. The van der Waals surface area contributed by atoms with Crippen molar-refractivity contribution in [2.24, 2.45) is 0 Å². The van der Waals surface area contributed by atoms with Crippen molar-refractivity contribution in [3.63, 3.8) is 0 Å². The maximum atomic E-state index is 5.60. The molecule has 0 aliphatic carbocycles. The molecule has 2 aromatic rings. The summed E-state index contributed by atoms with van der Waals surface area (Å²) >= 11 is 1.68. The van der Waals surface area contributed by atoms with Crippen LogP contribution in [0.2, 0.25) is 0 Å². The Morgan fingerprint density at radius 3 is 2.76 bits per heavy atom. The van der Waals surface area contributed by atoms with Crippen LogP contribution >= 0.6 is 11.3 Å². The molecular weight excluding hydrogens is 286 g/mol. The molecule has 0 radical (unpaired) electrons. The van der Waals surface area contributed by atoms with Crippen molar-refractivity contribution in [1.82, 2.24) is 15.0 Å². The van der Waals surface area contributed by atoms with Gasteiger partial charge in [0.2, 0.25) is 11.9 Å². The highest BCUT2D eigenvalue weighted by Gasteiger charge is 2.12. The molecule has 7 heteroatoms. The quantitative estimate of drug-likeness (QED) is 0.848. The molecule has 114 valence electrons. The number of nitrogens with one attached hydrogen (secondary N) is 1. The van der Waals surface area contributed by atoms with Gasteiger partial charge in [0.25, 0.3) is 0 Å². The van der Waals surface area contributed by atoms with Crippen LogP contribution < -0.4 is 15.0 Å². The van der Waals surface area contributed by atoms with Crippen molar-refractivity contribution < 1.29 is 4.74 Å². The van der Waals surface area contributed by atoms with Gasteiger partial charge in [-0.1, -0.05) is 0 Å². The van der Waals surface area contributed by atoms with E-state index in [4.69, 9.17) is 4.74 Å². The molecule has 0 aliphatic heterocycles. The molecule has 0 atom stereocenters. The number of aromatic nitrogens is 3. The first-order valence-corrected chi connectivity index (χ1v) is 7.91. The standard InChI is InChI=1S/C14H21N5OS/c1-5-15-12-16-13(18-14(17-12)20-10(2)3)19(4)8-11-6-7-21-9-11/h6-7,9-10H,5,8H2,1-4H3,(H,15,16,17,18). The van der Waals surface area contributed by atoms with Gasteiger partial charge in [0, 0.05) is 20.1 Å². The van der Waals surface area contributed by atoms with E-state index in [1.54, 1.807) is 11.3 Å². The fourth-order valence-corrected chi connectivity index (χ4v) is 2.40. The average molecular weight is 307 g/mol. The molecule has 1 N–H and O–H groups in total. The molecule has 0 spiro atoms. The Morgan fingerprint density at radius 2 is 2.14 bits per heavy atom. The van der Waals surface area contributed by atoms with E-state index in [2.05, 4.69) is 37.1 Å². The number of rotatable bonds is 7. The Hall–Kier alpha value is -1.89. The summed E-state index contributed by atoms with van der Waals surface area (Å²) < 4.78 is 5.60. The van der Waals surface area contributed by atoms with Gasteiger partial charge in [-0.3, -0.25) is 0 Å². The third-order valence-corrected chi connectivity index (χ3v) is 3.35. The van der Waals surface area contributed by atoms with Crippen LogP contribution in [0.25, 0.3) is 0 Å². The second-order valence-corrected chi connectivity index (χ2v) is 5.71. The predicted molar refractivity (Wildman–Crippen MR) is 86.2 cm³/mol. The van der Waals surface area contributed by atoms with E-state index in [1.165, 1.54) is 5.56 Å². The Kier molecular flexibility index (Phi) is 5.32. The van der Waals surface area contributed by atoms with E-state index in [0.29, 0.717) is 17.9 Å². The topological polar surface area (TPSA) is 63.2 Å². The second-order valence-electron chi connectivity index (χ2n) is 4.93. The van der Waals surface area contributed by atoms with Crippen LogP contribution in [0.15, 0.2) is 16.8 Å². The van der Waals surface area contributed by atoms with E-state index in [9.17, 15) is 0 Å². The molecule has 0 amide bonds. The van der Waals surface area contributed by atoms with Crippen LogP contribution in [0.3, 0.4) is 0 Å². The molecule has 0 fully saturated rings. The Bertz CT molecular complexity index is 558. The van der Waals surface area contributed by atoms with Gasteiger partial charge in [-0.15, -0.1) is 0 Å². The lowest BCUT2D eigenvalue weighted by atomic mass is 10.3. The van der Waals surface area contributed by atoms with Crippen molar-refractivity contribution in [3.05, 3.63) is 22.4 Å². The highest BCUT2D eigenvalue weighted by molar-refractivity contribution is 7.07. The molecule has 21 heavy (non-hydrogen) atoms. The van der Waals surface area contributed by atoms with Gasteiger partial charge in [-0.25, -0.2) is 0 Å². The zero-order valence-electron chi connectivity index (χ0n) is 12.8. The van der Waals surface area contributed by atoms with Crippen LogP contribution in [0.1, 0.15) is 26.3 Å². The van der Waals surface area contributed by atoms with Crippen molar-refractivity contribution in [2.75, 3.05) is 23.8 Å². The SMILES string of the molecule is CCNc1nc(OC(C)C)nc(N(C)Cc2ccsc2)n1. The van der Waals surface area contributed by atoms with E-state index in [-0.39, 0.29) is 6.10 Å². The summed E-state index contributed by atoms with van der Waals surface area (Å²) in [6.45, 7) is 7.40. The van der Waals surface area contributed by atoms with E-state index >= 15 is 0 Å². The fourth-order valence-electron chi connectivity index (χ4n) is 1.74. The molecule has 0 aliphatic rings. The first-order valence-electron chi connectivity index (χ1n) is 6.97. The highest BCUT2D eigenvalue weighted by Crippen LogP contribution is 2.17. The van der Waals surface area contributed by atoms with Gasteiger partial charge < -0.3 is 15.0 Å². The maximum absolute atomic E-state index is 5.60. The van der Waals surface area contributed by atoms with Gasteiger partial charge in [-0.05, 0) is 43.2 Å². The third kappa shape index (κ3) is 4.56. The van der Waals surface area contributed by atoms with Crippen molar-refractivity contribution in [1.29, 1.82) is 0 Å². The van der Waals surface area contributed by atoms with Gasteiger partial charge in [0.05, 0.1) is 6.10 Å². The molecule has 6 nitrogen and oxygen atoms in total. The Balaban J connectivity index is 2.21. The molecule has 2 rings (SSSR count). The monoisotopic (exact) mass is 307 g/mol. The zero-order chi connectivity index (χ0) is 15.2. The van der Waals surface area contributed by atoms with Gasteiger partial charge >= 0.3 is 6.01 Å². The summed E-state index contributed by atoms with van der Waals surface area (Å²) in [5.74, 6) is 1.14. The Labute approximate surface area is 129 Å². The van der Waals surface area contributed by atoms with E-state index in [0.717, 1.165) is 13.1 Å². The molecule has 0 saturated carbocycles. The van der Waals surface area contributed by atoms with Crippen LogP contribution in [0.4, 0.5) is 11.9 Å². The van der Waals surface area contributed by atoms with Crippen molar-refractivity contribution in [3.8, 4) is 6.01 Å². The number of nitrogens with zero attached hydrogens (tertiary/aromatic N) is 4. The first-order chi connectivity index (χ1) is 10.1. The number of anilines is 2. The summed E-state index contributed by atoms with van der Waals surface area (Å²) in [6, 6.07) is 2.45. The van der Waals surface area contributed by atoms with Gasteiger partial charge in [0.1, 0.15) is 0 Å². The lowest BCUT2D eigenvalue weighted by molar-refractivity contribution is 0.222. The number of thiophene rings is 1. The minimum absolute atomic E-state index is 0.0249. The number of hydrogen-bond acceptors (Lipinski definition) is 7. The second kappa shape index (κ2) is 7.21. The highest BCUT2D eigenvalue weighted by atomic mass is 32.1. The summed E-state index contributed by atoms with van der Waals surface area (Å²) in [4.78, 5) is 15.1. The largest absolute Gasteiger partial charge is 0.461 e. The van der Waals surface area contributed by atoms with Crippen LogP contribution in [0, 0.1) is 0 Å². The molecule has 2 aromatic heterocycles. The van der Waals surface area contributed by atoms with E-state index in [1.807, 2.05) is 32.7 Å². The average Bonchev–Trinajstić information content (AvgIpc) is 2.91. The lowest BCUT2D eigenvalue weighted by Crippen LogP contribution is -2.21. The van der Waals surface area contributed by atoms with Crippen molar-refractivity contribution in [2.45, 2.75) is 33.4 Å². The minimum Gasteiger partial charge on any atom is -0.461 e. The fraction of sp³-hybridized carbons (Fsp3) is 0.500. The lowest BCUT2D eigenvalue weighted by Gasteiger charge is -2.18. The van der Waals surface area contributed by atoms with Gasteiger partial charge in [-0.2, -0.15) is 26.3 Å². The minimum atomic E-state index is 0.0249. The number of hydrogen-bond donors (Lipinski definition) is 1. The Morgan fingerprint density at radius 1 is 1.33 bits per heavy atom. The summed E-state index contributed by atoms with van der Waals surface area (Å²) in [5, 5.41) is 7.29.